The largest absolute Gasteiger partial charge is 0.508 e. The van der Waals surface area contributed by atoms with Crippen LogP contribution in [0.2, 0.25) is 0 Å². The van der Waals surface area contributed by atoms with Gasteiger partial charge >= 0.3 is 0 Å². The molecule has 0 fully saturated rings. The standard InChI is InChI=1S/C6H6O.2K/c7-6-4-2-1-3-5-6;;/h1-5,7H;;. The van der Waals surface area contributed by atoms with Crippen LogP contribution in [0.15, 0.2) is 30.3 Å². The fourth-order valence-corrected chi connectivity index (χ4v) is 0.428. The monoisotopic (exact) mass is 172 g/mol. The Balaban J connectivity index is 0. The number of phenolic OH excluding ortho intramolecular Hbond substituents is 1. The van der Waals surface area contributed by atoms with Crippen molar-refractivity contribution in [2.45, 2.75) is 0 Å². The van der Waals surface area contributed by atoms with Gasteiger partial charge in [0.05, 0.1) is 0 Å². The van der Waals surface area contributed by atoms with E-state index in [-0.39, 0.29) is 103 Å². The molecule has 3 heteroatoms. The van der Waals surface area contributed by atoms with Gasteiger partial charge in [-0.2, -0.15) is 0 Å². The van der Waals surface area contributed by atoms with E-state index in [9.17, 15) is 0 Å². The van der Waals surface area contributed by atoms with Crippen LogP contribution >= 0.6 is 0 Å². The Morgan fingerprint density at radius 2 is 1.33 bits per heavy atom. The molecular formula is C6H6K2O. The van der Waals surface area contributed by atoms with E-state index in [4.69, 9.17) is 5.11 Å². The number of para-hydroxylation sites is 1. The van der Waals surface area contributed by atoms with Crippen molar-refractivity contribution in [1.29, 1.82) is 0 Å². The minimum Gasteiger partial charge on any atom is -0.508 e. The molecule has 0 atom stereocenters. The van der Waals surface area contributed by atoms with Crippen LogP contribution in [0.1, 0.15) is 0 Å². The molecule has 1 N–H and O–H groups in total. The molecule has 0 aliphatic rings. The molecule has 9 heavy (non-hydrogen) atoms. The minimum absolute atomic E-state index is 0. The van der Waals surface area contributed by atoms with Crippen LogP contribution in [-0.2, 0) is 0 Å². The van der Waals surface area contributed by atoms with Gasteiger partial charge in [0.15, 0.2) is 0 Å². The maximum absolute atomic E-state index is 8.63. The topological polar surface area (TPSA) is 20.2 Å². The molecule has 0 heterocycles. The Morgan fingerprint density at radius 3 is 1.56 bits per heavy atom. The maximum atomic E-state index is 8.63. The first-order chi connectivity index (χ1) is 3.39. The van der Waals surface area contributed by atoms with Gasteiger partial charge in [-0.3, -0.25) is 0 Å². The molecule has 1 rings (SSSR count). The van der Waals surface area contributed by atoms with Crippen molar-refractivity contribution < 1.29 is 5.11 Å². The van der Waals surface area contributed by atoms with Crippen molar-refractivity contribution in [2.75, 3.05) is 0 Å². The van der Waals surface area contributed by atoms with Crippen LogP contribution in [0.5, 0.6) is 5.75 Å². The molecule has 0 unspecified atom stereocenters. The van der Waals surface area contributed by atoms with E-state index < -0.39 is 0 Å². The van der Waals surface area contributed by atoms with Crippen molar-refractivity contribution in [3.8, 4) is 5.75 Å². The smallest absolute Gasteiger partial charge is 0.115 e. The Bertz CT molecular complexity index is 141. The molecule has 0 aromatic heterocycles. The SMILES string of the molecule is Oc1ccccc1.[K].[K]. The normalized spacial score (nSPS) is 6.67. The van der Waals surface area contributed by atoms with Gasteiger partial charge in [0.25, 0.3) is 0 Å². The van der Waals surface area contributed by atoms with Crippen LogP contribution in [-0.4, -0.2) is 108 Å². The number of rotatable bonds is 0. The van der Waals surface area contributed by atoms with Crippen LogP contribution in [0.25, 0.3) is 0 Å². The van der Waals surface area contributed by atoms with Gasteiger partial charge in [-0.05, 0) is 12.1 Å². The molecule has 38 valence electrons. The van der Waals surface area contributed by atoms with Crippen LogP contribution in [0.3, 0.4) is 0 Å². The van der Waals surface area contributed by atoms with E-state index in [1.165, 1.54) is 0 Å². The van der Waals surface area contributed by atoms with Gasteiger partial charge in [-0.15, -0.1) is 0 Å². The quantitative estimate of drug-likeness (QED) is 0.569. The summed E-state index contributed by atoms with van der Waals surface area (Å²) in [5.41, 5.74) is 0. The summed E-state index contributed by atoms with van der Waals surface area (Å²) >= 11 is 0. The summed E-state index contributed by atoms with van der Waals surface area (Å²) in [5.74, 6) is 0.322. The zero-order chi connectivity index (χ0) is 5.11. The zero-order valence-electron chi connectivity index (χ0n) is 5.83. The summed E-state index contributed by atoms with van der Waals surface area (Å²) < 4.78 is 0. The van der Waals surface area contributed by atoms with Crippen molar-refractivity contribution in [1.82, 2.24) is 0 Å². The number of hydrogen-bond acceptors (Lipinski definition) is 1. The van der Waals surface area contributed by atoms with Gasteiger partial charge in [0.2, 0.25) is 0 Å². The molecule has 1 aromatic rings. The fourth-order valence-electron chi connectivity index (χ4n) is 0.428. The summed E-state index contributed by atoms with van der Waals surface area (Å²) in [7, 11) is 0. The van der Waals surface area contributed by atoms with Gasteiger partial charge < -0.3 is 5.11 Å². The molecule has 1 aromatic carbocycles. The van der Waals surface area contributed by atoms with Crippen molar-refractivity contribution >= 4 is 103 Å². The van der Waals surface area contributed by atoms with E-state index in [0.29, 0.717) is 5.75 Å². The predicted molar refractivity (Wildman–Crippen MR) is 39.6 cm³/mol. The molecule has 1 nitrogen and oxygen atoms in total. The van der Waals surface area contributed by atoms with Crippen molar-refractivity contribution in [2.24, 2.45) is 0 Å². The molecule has 0 amide bonds. The summed E-state index contributed by atoms with van der Waals surface area (Å²) in [5, 5.41) is 8.63. The third-order valence-corrected chi connectivity index (χ3v) is 0.756. The second-order valence-corrected chi connectivity index (χ2v) is 1.34. The first kappa shape index (κ1) is 13.9. The number of hydrogen-bond donors (Lipinski definition) is 1. The summed E-state index contributed by atoms with van der Waals surface area (Å²) in [6, 6.07) is 8.71. The molecule has 2 radical (unpaired) electrons. The minimum atomic E-state index is 0. The van der Waals surface area contributed by atoms with E-state index in [2.05, 4.69) is 0 Å². The number of phenols is 1. The van der Waals surface area contributed by atoms with Crippen molar-refractivity contribution in [3.05, 3.63) is 30.3 Å². The summed E-state index contributed by atoms with van der Waals surface area (Å²) in [6.07, 6.45) is 0. The summed E-state index contributed by atoms with van der Waals surface area (Å²) in [6.45, 7) is 0. The van der Waals surface area contributed by atoms with E-state index >= 15 is 0 Å². The van der Waals surface area contributed by atoms with Gasteiger partial charge in [-0.25, -0.2) is 0 Å². The first-order valence-corrected chi connectivity index (χ1v) is 2.13. The third-order valence-electron chi connectivity index (χ3n) is 0.756. The number of benzene rings is 1. The van der Waals surface area contributed by atoms with Crippen LogP contribution in [0.4, 0.5) is 0 Å². The molecule has 0 aliphatic carbocycles. The average molecular weight is 172 g/mol. The Hall–Kier alpha value is 2.29. The Labute approximate surface area is 140 Å². The molecule has 0 spiro atoms. The van der Waals surface area contributed by atoms with Gasteiger partial charge in [-0.1, -0.05) is 18.2 Å². The van der Waals surface area contributed by atoms with Crippen LogP contribution < -0.4 is 0 Å². The predicted octanol–water partition coefficient (Wildman–Crippen LogP) is 0.631. The van der Waals surface area contributed by atoms with E-state index in [1.54, 1.807) is 24.3 Å². The molecular weight excluding hydrogens is 166 g/mol. The maximum Gasteiger partial charge on any atom is 0.115 e. The fraction of sp³-hybridized carbons (Fsp3) is 0. The molecule has 0 aliphatic heterocycles. The number of aromatic hydroxyl groups is 1. The Morgan fingerprint density at radius 1 is 0.889 bits per heavy atom. The van der Waals surface area contributed by atoms with E-state index in [0.717, 1.165) is 0 Å². The van der Waals surface area contributed by atoms with Crippen LogP contribution in [0, 0.1) is 0 Å². The van der Waals surface area contributed by atoms with E-state index in [1.807, 2.05) is 6.07 Å². The average Bonchev–Trinajstić information content (AvgIpc) is 1.69. The Kier molecular flexibility index (Phi) is 12.9. The second-order valence-electron chi connectivity index (χ2n) is 1.34. The summed E-state index contributed by atoms with van der Waals surface area (Å²) in [4.78, 5) is 0. The van der Waals surface area contributed by atoms with Crippen molar-refractivity contribution in [3.63, 3.8) is 0 Å². The second kappa shape index (κ2) is 8.39. The van der Waals surface area contributed by atoms with Gasteiger partial charge in [0, 0.05) is 103 Å². The first-order valence-electron chi connectivity index (χ1n) is 2.13. The molecule has 0 saturated carbocycles. The van der Waals surface area contributed by atoms with Gasteiger partial charge in [0.1, 0.15) is 5.75 Å². The zero-order valence-corrected chi connectivity index (χ0v) is 12.1. The molecule has 0 bridgehead atoms. The molecule has 0 saturated heterocycles. The third kappa shape index (κ3) is 6.68.